The lowest BCUT2D eigenvalue weighted by atomic mass is 9.91. The van der Waals surface area contributed by atoms with Gasteiger partial charge in [-0.1, -0.05) is 30.7 Å². The molecule has 0 atom stereocenters. The number of carbonyl (C=O) groups is 1. The third kappa shape index (κ3) is 7.11. The summed E-state index contributed by atoms with van der Waals surface area (Å²) in [4.78, 5) is 17.7. The topological polar surface area (TPSA) is 94.5 Å². The van der Waals surface area contributed by atoms with Crippen LogP contribution < -0.4 is 11.5 Å². The molecule has 0 saturated carbocycles. The summed E-state index contributed by atoms with van der Waals surface area (Å²) in [5.74, 6) is -0.836. The monoisotopic (exact) mass is 508 g/mol. The third-order valence-electron chi connectivity index (χ3n) is 6.98. The maximum Gasteiger partial charge on any atom is 0.251 e. The molecule has 4 N–H and O–H groups in total. The highest BCUT2D eigenvalue weighted by atomic mass is 19.1. The Balaban J connectivity index is 0.000000195. The minimum absolute atomic E-state index is 0.0712. The van der Waals surface area contributed by atoms with Gasteiger partial charge in [-0.2, -0.15) is 0 Å². The lowest BCUT2D eigenvalue weighted by molar-refractivity contribution is 0.0853. The fraction of sp³-hybridized carbons (Fsp3) is 0.379. The van der Waals surface area contributed by atoms with E-state index in [4.69, 9.17) is 16.2 Å². The number of piperidine rings is 1. The van der Waals surface area contributed by atoms with Crippen molar-refractivity contribution in [2.24, 2.45) is 5.73 Å². The molecule has 3 heterocycles. The Morgan fingerprint density at radius 3 is 2.41 bits per heavy atom. The smallest absolute Gasteiger partial charge is 0.251 e. The summed E-state index contributed by atoms with van der Waals surface area (Å²) >= 11 is 0. The number of benzene rings is 2. The van der Waals surface area contributed by atoms with Gasteiger partial charge in [0.05, 0.1) is 5.56 Å². The molecule has 1 aromatic heterocycles. The van der Waals surface area contributed by atoms with Crippen LogP contribution >= 0.6 is 0 Å². The Bertz CT molecular complexity index is 1210. The lowest BCUT2D eigenvalue weighted by Gasteiger charge is -2.26. The van der Waals surface area contributed by atoms with Crippen LogP contribution in [0, 0.1) is 11.6 Å². The van der Waals surface area contributed by atoms with Crippen LogP contribution in [0.4, 0.5) is 14.6 Å². The quantitative estimate of drug-likeness (QED) is 0.489. The van der Waals surface area contributed by atoms with Crippen LogP contribution in [0.2, 0.25) is 0 Å². The van der Waals surface area contributed by atoms with Crippen LogP contribution in [0.5, 0.6) is 0 Å². The molecule has 3 aromatic rings. The molecule has 0 radical (unpaired) electrons. The summed E-state index contributed by atoms with van der Waals surface area (Å²) in [7, 11) is 0. The van der Waals surface area contributed by atoms with Gasteiger partial charge in [-0.05, 0) is 80.1 Å². The molecular weight excluding hydrogens is 474 g/mol. The molecular formula is C29H34F2N4O2. The average Bonchev–Trinajstić information content (AvgIpc) is 2.91. The lowest BCUT2D eigenvalue weighted by Crippen LogP contribution is -2.29. The van der Waals surface area contributed by atoms with E-state index in [0.717, 1.165) is 56.8 Å². The number of hydrogen-bond acceptors (Lipinski definition) is 5. The molecule has 37 heavy (non-hydrogen) atoms. The second-order valence-electron chi connectivity index (χ2n) is 9.58. The molecule has 2 fully saturated rings. The molecule has 196 valence electrons. The number of hydrogen-bond donors (Lipinski definition) is 2. The van der Waals surface area contributed by atoms with E-state index in [1.54, 1.807) is 24.4 Å². The molecule has 6 nitrogen and oxygen atoms in total. The van der Waals surface area contributed by atoms with Gasteiger partial charge in [0.2, 0.25) is 0 Å². The van der Waals surface area contributed by atoms with Crippen molar-refractivity contribution in [2.45, 2.75) is 44.6 Å². The van der Waals surface area contributed by atoms with E-state index in [0.29, 0.717) is 22.9 Å². The van der Waals surface area contributed by atoms with Gasteiger partial charge in [0, 0.05) is 37.1 Å². The van der Waals surface area contributed by atoms with Crippen LogP contribution in [-0.4, -0.2) is 42.1 Å². The number of nitrogens with zero attached hydrogens (tertiary/aromatic N) is 2. The van der Waals surface area contributed by atoms with Crippen LogP contribution in [-0.2, 0) is 11.3 Å². The first-order chi connectivity index (χ1) is 17.9. The molecule has 2 saturated heterocycles. The molecule has 2 aromatic carbocycles. The van der Waals surface area contributed by atoms with E-state index in [9.17, 15) is 13.6 Å². The summed E-state index contributed by atoms with van der Waals surface area (Å²) in [6.07, 6.45) is 7.47. The van der Waals surface area contributed by atoms with Crippen molar-refractivity contribution >= 4 is 11.7 Å². The second kappa shape index (κ2) is 12.7. The fourth-order valence-corrected chi connectivity index (χ4v) is 4.84. The van der Waals surface area contributed by atoms with E-state index in [1.165, 1.54) is 31.4 Å². The van der Waals surface area contributed by atoms with Gasteiger partial charge in [-0.15, -0.1) is 0 Å². The van der Waals surface area contributed by atoms with Crippen molar-refractivity contribution < 1.29 is 18.3 Å². The molecule has 2 aliphatic rings. The maximum atomic E-state index is 14.0. The van der Waals surface area contributed by atoms with Gasteiger partial charge in [0.25, 0.3) is 5.91 Å². The highest BCUT2D eigenvalue weighted by molar-refractivity contribution is 5.93. The number of pyridine rings is 1. The number of amides is 1. The standard InChI is InChI=1S/C17H18FN3O2.C12H16FN/c18-15-8-11(1-2-13(15)17(20)22)14-7-12(9-21-16(14)19)10-3-5-23-6-4-10;13-12-7-3-2-6-11(12)10-14-8-4-1-5-9-14/h1-2,7-10H,3-6H2,(H2,19,21)(H2,20,22);2-3,6-7H,1,4-5,8-10H2. The largest absolute Gasteiger partial charge is 0.383 e. The molecule has 8 heteroatoms. The van der Waals surface area contributed by atoms with Crippen molar-refractivity contribution in [1.29, 1.82) is 0 Å². The molecule has 0 unspecified atom stereocenters. The molecule has 0 aliphatic carbocycles. The first-order valence-electron chi connectivity index (χ1n) is 12.8. The summed E-state index contributed by atoms with van der Waals surface area (Å²) in [5, 5.41) is 0. The maximum absolute atomic E-state index is 14.0. The van der Waals surface area contributed by atoms with Gasteiger partial charge in [-0.3, -0.25) is 9.69 Å². The normalized spacial score (nSPS) is 16.6. The van der Waals surface area contributed by atoms with Crippen molar-refractivity contribution in [1.82, 2.24) is 9.88 Å². The van der Waals surface area contributed by atoms with Gasteiger partial charge in [-0.25, -0.2) is 13.8 Å². The molecule has 1 amide bonds. The van der Waals surface area contributed by atoms with E-state index < -0.39 is 11.7 Å². The zero-order chi connectivity index (χ0) is 26.2. The number of aromatic nitrogens is 1. The van der Waals surface area contributed by atoms with E-state index in [1.807, 2.05) is 18.2 Å². The Hall–Kier alpha value is -3.36. The number of halogens is 2. The second-order valence-corrected chi connectivity index (χ2v) is 9.58. The van der Waals surface area contributed by atoms with Gasteiger partial charge >= 0.3 is 0 Å². The van der Waals surface area contributed by atoms with Crippen molar-refractivity contribution in [3.8, 4) is 11.1 Å². The summed E-state index contributed by atoms with van der Waals surface area (Å²) in [6, 6.07) is 13.3. The van der Waals surface area contributed by atoms with Gasteiger partial charge < -0.3 is 16.2 Å². The Morgan fingerprint density at radius 2 is 1.73 bits per heavy atom. The minimum atomic E-state index is -0.795. The van der Waals surface area contributed by atoms with E-state index in [2.05, 4.69) is 9.88 Å². The molecule has 0 bridgehead atoms. The van der Waals surface area contributed by atoms with Crippen LogP contribution in [0.1, 0.15) is 59.5 Å². The Morgan fingerprint density at radius 1 is 1.00 bits per heavy atom. The average molecular weight is 509 g/mol. The first-order valence-corrected chi connectivity index (χ1v) is 12.8. The summed E-state index contributed by atoms with van der Waals surface area (Å²) < 4.78 is 32.7. The van der Waals surface area contributed by atoms with Crippen molar-refractivity contribution in [3.05, 3.63) is 83.1 Å². The molecule has 2 aliphatic heterocycles. The minimum Gasteiger partial charge on any atom is -0.383 e. The van der Waals surface area contributed by atoms with Gasteiger partial charge in [0.15, 0.2) is 0 Å². The number of likely N-dealkylation sites (tertiary alicyclic amines) is 1. The zero-order valence-corrected chi connectivity index (χ0v) is 21.0. The SMILES string of the molecule is Fc1ccccc1CN1CCCCC1.NC(=O)c1ccc(-c2cc(C3CCOCC3)cnc2N)cc1F. The highest BCUT2D eigenvalue weighted by Gasteiger charge is 2.19. The van der Waals surface area contributed by atoms with Gasteiger partial charge in [0.1, 0.15) is 17.5 Å². The summed E-state index contributed by atoms with van der Waals surface area (Å²) in [5.41, 5.74) is 14.1. The van der Waals surface area contributed by atoms with Crippen molar-refractivity contribution in [2.75, 3.05) is 32.0 Å². The van der Waals surface area contributed by atoms with E-state index in [-0.39, 0.29) is 11.4 Å². The van der Waals surface area contributed by atoms with Crippen LogP contribution in [0.3, 0.4) is 0 Å². The Kier molecular flexibility index (Phi) is 9.19. The Labute approximate surface area is 216 Å². The van der Waals surface area contributed by atoms with Crippen LogP contribution in [0.15, 0.2) is 54.7 Å². The number of nitrogens with two attached hydrogens (primary N) is 2. The van der Waals surface area contributed by atoms with E-state index >= 15 is 0 Å². The fourth-order valence-electron chi connectivity index (χ4n) is 4.84. The predicted octanol–water partition coefficient (Wildman–Crippen LogP) is 5.27. The number of anilines is 1. The third-order valence-corrected chi connectivity index (χ3v) is 6.98. The predicted molar refractivity (Wildman–Crippen MR) is 141 cm³/mol. The van der Waals surface area contributed by atoms with Crippen molar-refractivity contribution in [3.63, 3.8) is 0 Å². The first kappa shape index (κ1) is 26.7. The molecule has 5 rings (SSSR count). The highest BCUT2D eigenvalue weighted by Crippen LogP contribution is 2.32. The zero-order valence-electron chi connectivity index (χ0n) is 21.0. The number of rotatable bonds is 5. The molecule has 0 spiro atoms. The number of nitrogen functional groups attached to an aromatic ring is 1. The summed E-state index contributed by atoms with van der Waals surface area (Å²) in [6.45, 7) is 4.47. The number of primary amides is 1. The number of ether oxygens (including phenoxy) is 1. The number of carbonyl (C=O) groups excluding carboxylic acids is 1. The van der Waals surface area contributed by atoms with Crippen LogP contribution in [0.25, 0.3) is 11.1 Å².